The summed E-state index contributed by atoms with van der Waals surface area (Å²) in [6, 6.07) is 55.6. The third-order valence-corrected chi connectivity index (χ3v) is 25.2. The molecule has 8 aliphatic rings. The summed E-state index contributed by atoms with van der Waals surface area (Å²) in [6.45, 7) is 0. The minimum absolute atomic E-state index is 0.146. The van der Waals surface area contributed by atoms with Gasteiger partial charge in [-0.15, -0.1) is 0 Å². The number of rotatable bonds is 9. The summed E-state index contributed by atoms with van der Waals surface area (Å²) in [5.41, 5.74) is 8.66. The lowest BCUT2D eigenvalue weighted by Gasteiger charge is -2.44. The molecule has 0 spiro atoms. The zero-order chi connectivity index (χ0) is 45.7. The largest absolute Gasteiger partial charge is 0.365 e. The summed E-state index contributed by atoms with van der Waals surface area (Å²) < 4.78 is 0. The molecule has 3 nitrogen and oxygen atoms in total. The van der Waals surface area contributed by atoms with Crippen LogP contribution in [0, 0.1) is 17.8 Å². The molecule has 13 rings (SSSR count). The molecule has 3 heterocycles. The molecule has 1 N–H and O–H groups in total. The van der Waals surface area contributed by atoms with Gasteiger partial charge in [0, 0.05) is 29.0 Å². The Hall–Kier alpha value is -6.80. The summed E-state index contributed by atoms with van der Waals surface area (Å²) in [7, 11) is -4.37. The fourth-order valence-corrected chi connectivity index (χ4v) is 22.6. The van der Waals surface area contributed by atoms with E-state index < -0.39 is 16.9 Å². The predicted molar refractivity (Wildman–Crippen MR) is 294 cm³/mol. The number of benzene rings is 5. The highest BCUT2D eigenvalue weighted by Crippen LogP contribution is 2.53. The highest BCUT2D eigenvalue weighted by Gasteiger charge is 2.53. The number of nitrogens with zero attached hydrogens (tertiary/aromatic N) is 2. The van der Waals surface area contributed by atoms with Crippen molar-refractivity contribution in [3.8, 4) is 0 Å². The van der Waals surface area contributed by atoms with Crippen molar-refractivity contribution >= 4 is 54.6 Å². The zero-order valence-electron chi connectivity index (χ0n) is 39.2. The maximum Gasteiger partial charge on any atom is 0.154 e. The van der Waals surface area contributed by atoms with Crippen LogP contribution < -0.4 is 26.1 Å². The van der Waals surface area contributed by atoms with Crippen LogP contribution in [0.3, 0.4) is 0 Å². The normalized spacial score (nSPS) is 26.4. The van der Waals surface area contributed by atoms with Gasteiger partial charge in [-0.25, -0.2) is 4.99 Å². The third kappa shape index (κ3) is 7.15. The third-order valence-electron chi connectivity index (χ3n) is 16.6. The first-order valence-electron chi connectivity index (χ1n) is 25.6. The van der Waals surface area contributed by atoms with Gasteiger partial charge in [-0.3, -0.25) is 0 Å². The molecule has 5 aromatic carbocycles. The zero-order valence-corrected chi connectivity index (χ0v) is 41.3. The molecule has 0 aromatic heterocycles. The van der Waals surface area contributed by atoms with Crippen LogP contribution in [0.4, 0.5) is 0 Å². The van der Waals surface area contributed by atoms with Crippen molar-refractivity contribution in [2.24, 2.45) is 22.7 Å². The molecule has 5 aliphatic carbocycles. The van der Waals surface area contributed by atoms with Gasteiger partial charge in [0.1, 0.15) is 20.8 Å². The van der Waals surface area contributed by atoms with Crippen LogP contribution in [0.2, 0.25) is 5.54 Å². The van der Waals surface area contributed by atoms with Crippen molar-refractivity contribution in [3.63, 3.8) is 0 Å². The summed E-state index contributed by atoms with van der Waals surface area (Å²) in [5, 5.41) is 13.4. The Labute approximate surface area is 411 Å². The minimum atomic E-state index is -2.59. The van der Waals surface area contributed by atoms with Gasteiger partial charge >= 0.3 is 0 Å². The molecule has 1 fully saturated rings. The van der Waals surface area contributed by atoms with Gasteiger partial charge in [-0.2, -0.15) is 0 Å². The lowest BCUT2D eigenvalue weighted by Crippen LogP contribution is -2.63. The first kappa shape index (κ1) is 42.3. The topological polar surface area (TPSA) is 27.6 Å². The van der Waals surface area contributed by atoms with Crippen LogP contribution >= 0.6 is 0 Å². The molecule has 338 valence electrons. The molecular formula is C64H59N3Si2. The van der Waals surface area contributed by atoms with E-state index in [1.165, 1.54) is 78.2 Å². The van der Waals surface area contributed by atoms with Crippen molar-refractivity contribution in [1.29, 1.82) is 0 Å². The van der Waals surface area contributed by atoms with E-state index >= 15 is 0 Å². The summed E-state index contributed by atoms with van der Waals surface area (Å²) in [4.78, 5) is 8.98. The molecule has 1 saturated heterocycles. The number of nitrogens with one attached hydrogen (secondary N) is 1. The van der Waals surface area contributed by atoms with E-state index in [0.717, 1.165) is 25.7 Å². The van der Waals surface area contributed by atoms with Crippen molar-refractivity contribution in [3.05, 3.63) is 263 Å². The molecule has 0 amide bonds. The second kappa shape index (κ2) is 17.9. The van der Waals surface area contributed by atoms with Gasteiger partial charge in [-0.1, -0.05) is 251 Å². The van der Waals surface area contributed by atoms with Gasteiger partial charge in [0.2, 0.25) is 0 Å². The Kier molecular flexibility index (Phi) is 11.0. The molecular weight excluding hydrogens is 867 g/mol. The Morgan fingerprint density at radius 2 is 1.32 bits per heavy atom. The molecule has 0 bridgehead atoms. The Bertz CT molecular complexity index is 3050. The molecule has 3 aliphatic heterocycles. The van der Waals surface area contributed by atoms with E-state index in [4.69, 9.17) is 4.99 Å². The smallest absolute Gasteiger partial charge is 0.154 e. The van der Waals surface area contributed by atoms with E-state index in [2.05, 4.69) is 241 Å². The standard InChI is InChI=1S/C64H59N3Si2/c1-6-25-47(26-7-1)68(48-27-8-2-9-28-48)49-29-20-23-45(43-49)61-60-56-39-17-16-37-54(56)57-40-22-41-58-55-38-18-19-42-59(55)67(62(57)58)64(60)66-63(65-61)46-24-21-36-53(44-46)69(50-30-10-3-11-31-50,51-32-12-4-13-33-51)52-34-14-5-15-35-52/h1-4,6-14,16-23,25-34,36-41,44-46,52,58-59,62-63,65,68H,5,15,24,35,42-43H2. The van der Waals surface area contributed by atoms with E-state index in [9.17, 15) is 0 Å². The van der Waals surface area contributed by atoms with Gasteiger partial charge in [0.25, 0.3) is 0 Å². The SMILES string of the molecule is C1=CCC2C(=C1)C1C=CC=C3c4ccccc4C4=C(C5C=CC=C([SiH](c6ccccc6)c6ccccc6)C5)NC(C5C=C([Si](c6ccccc6)(c6ccccc6)C6C=CCCC6)C=CC5)N=C4N2C31. The number of hydrogen-bond acceptors (Lipinski definition) is 3. The lowest BCUT2D eigenvalue weighted by molar-refractivity contribution is 0.347. The van der Waals surface area contributed by atoms with Crippen molar-refractivity contribution < 1.29 is 0 Å². The van der Waals surface area contributed by atoms with Crippen LogP contribution in [0.25, 0.3) is 11.1 Å². The molecule has 5 aromatic rings. The first-order valence-corrected chi connectivity index (χ1v) is 29.4. The van der Waals surface area contributed by atoms with Gasteiger partial charge in [0.05, 0.1) is 12.1 Å². The second-order valence-electron chi connectivity index (χ2n) is 20.2. The number of hydrogen-bond donors (Lipinski definition) is 1. The van der Waals surface area contributed by atoms with Crippen LogP contribution in [0.1, 0.15) is 49.7 Å². The molecule has 0 saturated carbocycles. The number of amidine groups is 1. The summed E-state index contributed by atoms with van der Waals surface area (Å²) in [6.07, 6.45) is 40.8. The number of aliphatic imine (C=N–C) groups is 1. The van der Waals surface area contributed by atoms with Crippen LogP contribution in [0.15, 0.2) is 257 Å². The van der Waals surface area contributed by atoms with Gasteiger partial charge in [0.15, 0.2) is 8.07 Å². The lowest BCUT2D eigenvalue weighted by atomic mass is 9.80. The molecule has 7 atom stereocenters. The van der Waals surface area contributed by atoms with E-state index in [0.29, 0.717) is 11.5 Å². The molecule has 0 radical (unpaired) electrons. The second-order valence-corrected chi connectivity index (χ2v) is 27.3. The average Bonchev–Trinajstić information content (AvgIpc) is 3.71. The fraction of sp³-hybridized carbons (Fsp3) is 0.203. The van der Waals surface area contributed by atoms with Crippen LogP contribution in [-0.4, -0.2) is 45.9 Å². The quantitative estimate of drug-likeness (QED) is 0.118. The maximum atomic E-state index is 6.18. The Morgan fingerprint density at radius 3 is 2.03 bits per heavy atom. The number of allylic oxidation sites excluding steroid dienone is 13. The monoisotopic (exact) mass is 925 g/mol. The minimum Gasteiger partial charge on any atom is -0.365 e. The molecule has 7 unspecified atom stereocenters. The Balaban J connectivity index is 0.996. The summed E-state index contributed by atoms with van der Waals surface area (Å²) >= 11 is 0. The Morgan fingerprint density at radius 1 is 0.638 bits per heavy atom. The van der Waals surface area contributed by atoms with Crippen molar-refractivity contribution in [2.75, 3.05) is 0 Å². The number of fused-ring (bicyclic) bond motifs is 8. The van der Waals surface area contributed by atoms with Crippen LogP contribution in [0.5, 0.6) is 0 Å². The van der Waals surface area contributed by atoms with Crippen LogP contribution in [-0.2, 0) is 0 Å². The first-order chi connectivity index (χ1) is 34.3. The maximum absolute atomic E-state index is 6.18. The van der Waals surface area contributed by atoms with E-state index in [-0.39, 0.29) is 30.1 Å². The predicted octanol–water partition coefficient (Wildman–Crippen LogP) is 10.7. The molecule has 69 heavy (non-hydrogen) atoms. The van der Waals surface area contributed by atoms with Gasteiger partial charge < -0.3 is 10.2 Å². The average molecular weight is 926 g/mol. The van der Waals surface area contributed by atoms with Gasteiger partial charge in [-0.05, 0) is 76.7 Å². The molecule has 5 heteroatoms. The fourth-order valence-electron chi connectivity index (χ4n) is 13.7. The van der Waals surface area contributed by atoms with E-state index in [1.807, 2.05) is 0 Å². The van der Waals surface area contributed by atoms with E-state index in [1.54, 1.807) is 5.20 Å². The van der Waals surface area contributed by atoms with Crippen molar-refractivity contribution in [1.82, 2.24) is 10.2 Å². The highest BCUT2D eigenvalue weighted by atomic mass is 28.3. The summed E-state index contributed by atoms with van der Waals surface area (Å²) in [5.74, 6) is 1.78. The highest BCUT2D eigenvalue weighted by molar-refractivity contribution is 7.09. The van der Waals surface area contributed by atoms with Crippen molar-refractivity contribution in [2.45, 2.75) is 62.3 Å².